The molecular weight excluding hydrogens is 188 g/mol. The smallest absolute Gasteiger partial charge is 0.295 e. The normalized spacial score (nSPS) is 10.3. The van der Waals surface area contributed by atoms with Gasteiger partial charge in [0.1, 0.15) is 0 Å². The molecule has 1 aromatic carbocycles. The van der Waals surface area contributed by atoms with E-state index in [-0.39, 0.29) is 5.69 Å². The lowest BCUT2D eigenvalue weighted by atomic mass is 10.1. The molecule has 0 spiro atoms. The van der Waals surface area contributed by atoms with Gasteiger partial charge in [-0.25, -0.2) is 4.79 Å². The minimum atomic E-state index is -0.214. The van der Waals surface area contributed by atoms with Gasteiger partial charge in [-0.1, -0.05) is 30.3 Å². The molecule has 0 N–H and O–H groups in total. The summed E-state index contributed by atoms with van der Waals surface area (Å²) in [4.78, 5) is 15.4. The Balaban J connectivity index is 2.68. The van der Waals surface area contributed by atoms with E-state index in [1.807, 2.05) is 43.3 Å². The zero-order valence-corrected chi connectivity index (χ0v) is 8.77. The van der Waals surface area contributed by atoms with Gasteiger partial charge in [-0.2, -0.15) is 4.98 Å². The summed E-state index contributed by atoms with van der Waals surface area (Å²) in [5.41, 5.74) is 2.46. The predicted octanol–water partition coefficient (Wildman–Crippen LogP) is 1.76. The van der Waals surface area contributed by atoms with Crippen LogP contribution in [-0.2, 0) is 7.05 Å². The van der Waals surface area contributed by atoms with Gasteiger partial charge in [-0.3, -0.25) is 4.57 Å². The minimum Gasteiger partial charge on any atom is -0.295 e. The van der Waals surface area contributed by atoms with Crippen LogP contribution in [0.3, 0.4) is 0 Å². The maximum Gasteiger partial charge on any atom is 0.347 e. The monoisotopic (exact) mass is 200 g/mol. The van der Waals surface area contributed by atoms with E-state index in [1.54, 1.807) is 11.6 Å². The van der Waals surface area contributed by atoms with Gasteiger partial charge >= 0.3 is 5.69 Å². The molecule has 0 bridgehead atoms. The largest absolute Gasteiger partial charge is 0.347 e. The summed E-state index contributed by atoms with van der Waals surface area (Å²) in [7, 11) is 1.73. The Morgan fingerprint density at radius 1 is 1.20 bits per heavy atom. The molecule has 76 valence electrons. The molecule has 2 aromatic rings. The van der Waals surface area contributed by atoms with Gasteiger partial charge in [-0.15, -0.1) is 0 Å². The first-order chi connectivity index (χ1) is 7.18. The number of nitrogens with zero attached hydrogens (tertiary/aromatic N) is 2. The fraction of sp³-hybridized carbons (Fsp3) is 0.167. The van der Waals surface area contributed by atoms with Crippen molar-refractivity contribution in [2.45, 2.75) is 6.92 Å². The lowest BCUT2D eigenvalue weighted by Crippen LogP contribution is -2.22. The molecule has 0 saturated carbocycles. The fourth-order valence-corrected chi connectivity index (χ4v) is 1.54. The van der Waals surface area contributed by atoms with Crippen LogP contribution in [0.25, 0.3) is 11.3 Å². The summed E-state index contributed by atoms with van der Waals surface area (Å²) in [6.45, 7) is 1.83. The highest BCUT2D eigenvalue weighted by molar-refractivity contribution is 5.59. The summed E-state index contributed by atoms with van der Waals surface area (Å²) in [6, 6.07) is 11.7. The number of rotatable bonds is 1. The van der Waals surface area contributed by atoms with E-state index in [1.165, 1.54) is 0 Å². The zero-order chi connectivity index (χ0) is 10.8. The first-order valence-corrected chi connectivity index (χ1v) is 4.78. The predicted molar refractivity (Wildman–Crippen MR) is 59.7 cm³/mol. The molecule has 0 radical (unpaired) electrons. The van der Waals surface area contributed by atoms with Crippen LogP contribution in [0, 0.1) is 6.92 Å². The maximum atomic E-state index is 11.5. The number of benzene rings is 1. The SMILES string of the molecule is Cc1cc(-c2ccccc2)n(C)c(=O)n1. The van der Waals surface area contributed by atoms with Gasteiger partial charge in [0.05, 0.1) is 5.69 Å². The van der Waals surface area contributed by atoms with Crippen molar-refractivity contribution in [1.29, 1.82) is 0 Å². The van der Waals surface area contributed by atoms with Crippen molar-refractivity contribution in [2.24, 2.45) is 7.05 Å². The van der Waals surface area contributed by atoms with Crippen molar-refractivity contribution >= 4 is 0 Å². The van der Waals surface area contributed by atoms with Crippen LogP contribution in [0.1, 0.15) is 5.69 Å². The van der Waals surface area contributed by atoms with Crippen LogP contribution < -0.4 is 5.69 Å². The van der Waals surface area contributed by atoms with E-state index in [9.17, 15) is 4.79 Å². The van der Waals surface area contributed by atoms with Gasteiger partial charge in [0, 0.05) is 12.7 Å². The number of aryl methyl sites for hydroxylation is 1. The quantitative estimate of drug-likeness (QED) is 0.703. The van der Waals surface area contributed by atoms with Crippen LogP contribution in [0.2, 0.25) is 0 Å². The van der Waals surface area contributed by atoms with E-state index in [0.717, 1.165) is 17.0 Å². The second-order valence-corrected chi connectivity index (χ2v) is 3.49. The van der Waals surface area contributed by atoms with Gasteiger partial charge < -0.3 is 0 Å². The number of hydrogen-bond donors (Lipinski definition) is 0. The highest BCUT2D eigenvalue weighted by atomic mass is 16.1. The molecular formula is C12H12N2O. The average Bonchev–Trinajstić information content (AvgIpc) is 2.24. The molecule has 0 atom stereocenters. The van der Waals surface area contributed by atoms with Crippen LogP contribution in [-0.4, -0.2) is 9.55 Å². The Kier molecular flexibility index (Phi) is 2.37. The lowest BCUT2D eigenvalue weighted by molar-refractivity contribution is 0.808. The lowest BCUT2D eigenvalue weighted by Gasteiger charge is -2.07. The van der Waals surface area contributed by atoms with Crippen molar-refractivity contribution in [3.05, 3.63) is 52.6 Å². The van der Waals surface area contributed by atoms with Crippen molar-refractivity contribution in [3.63, 3.8) is 0 Å². The fourth-order valence-electron chi connectivity index (χ4n) is 1.54. The summed E-state index contributed by atoms with van der Waals surface area (Å²) in [6.07, 6.45) is 0. The summed E-state index contributed by atoms with van der Waals surface area (Å²) in [5.74, 6) is 0. The van der Waals surface area contributed by atoms with E-state index < -0.39 is 0 Å². The van der Waals surface area contributed by atoms with Gasteiger partial charge in [0.15, 0.2) is 0 Å². The molecule has 0 aliphatic heterocycles. The first-order valence-electron chi connectivity index (χ1n) is 4.78. The number of aromatic nitrogens is 2. The molecule has 1 heterocycles. The van der Waals surface area contributed by atoms with Crippen LogP contribution in [0.15, 0.2) is 41.2 Å². The molecule has 2 rings (SSSR count). The van der Waals surface area contributed by atoms with Gasteiger partial charge in [0.25, 0.3) is 0 Å². The summed E-state index contributed by atoms with van der Waals surface area (Å²) in [5, 5.41) is 0. The first kappa shape index (κ1) is 9.65. The van der Waals surface area contributed by atoms with E-state index >= 15 is 0 Å². The van der Waals surface area contributed by atoms with Crippen LogP contribution in [0.5, 0.6) is 0 Å². The average molecular weight is 200 g/mol. The van der Waals surface area contributed by atoms with Crippen molar-refractivity contribution in [1.82, 2.24) is 9.55 Å². The topological polar surface area (TPSA) is 34.9 Å². The molecule has 0 saturated heterocycles. The third-order valence-electron chi connectivity index (χ3n) is 2.34. The minimum absolute atomic E-state index is 0.214. The third-order valence-corrected chi connectivity index (χ3v) is 2.34. The molecule has 3 heteroatoms. The Labute approximate surface area is 88.0 Å². The Hall–Kier alpha value is -1.90. The Morgan fingerprint density at radius 2 is 1.87 bits per heavy atom. The van der Waals surface area contributed by atoms with E-state index in [4.69, 9.17) is 0 Å². The van der Waals surface area contributed by atoms with Crippen molar-refractivity contribution < 1.29 is 0 Å². The maximum absolute atomic E-state index is 11.5. The van der Waals surface area contributed by atoms with Crippen molar-refractivity contribution in [2.75, 3.05) is 0 Å². The Bertz CT molecular complexity index is 529. The Morgan fingerprint density at radius 3 is 2.53 bits per heavy atom. The molecule has 0 aliphatic rings. The molecule has 15 heavy (non-hydrogen) atoms. The van der Waals surface area contributed by atoms with Crippen LogP contribution >= 0.6 is 0 Å². The second kappa shape index (κ2) is 3.69. The van der Waals surface area contributed by atoms with E-state index in [2.05, 4.69) is 4.98 Å². The van der Waals surface area contributed by atoms with Crippen molar-refractivity contribution in [3.8, 4) is 11.3 Å². The molecule has 3 nitrogen and oxygen atoms in total. The highest BCUT2D eigenvalue weighted by Gasteiger charge is 2.04. The molecule has 0 unspecified atom stereocenters. The molecule has 0 fully saturated rings. The molecule has 1 aromatic heterocycles. The second-order valence-electron chi connectivity index (χ2n) is 3.49. The van der Waals surface area contributed by atoms with Gasteiger partial charge in [0.2, 0.25) is 0 Å². The third kappa shape index (κ3) is 1.81. The summed E-state index contributed by atoms with van der Waals surface area (Å²) < 4.78 is 1.56. The molecule has 0 amide bonds. The summed E-state index contributed by atoms with van der Waals surface area (Å²) >= 11 is 0. The standard InChI is InChI=1S/C12H12N2O/c1-9-8-11(14(2)12(15)13-9)10-6-4-3-5-7-10/h3-8H,1-2H3. The zero-order valence-electron chi connectivity index (χ0n) is 8.77. The van der Waals surface area contributed by atoms with Gasteiger partial charge in [-0.05, 0) is 18.6 Å². The van der Waals surface area contributed by atoms with E-state index in [0.29, 0.717) is 0 Å². The van der Waals surface area contributed by atoms with Crippen LogP contribution in [0.4, 0.5) is 0 Å². The molecule has 0 aliphatic carbocycles. The highest BCUT2D eigenvalue weighted by Crippen LogP contribution is 2.16. The number of hydrogen-bond acceptors (Lipinski definition) is 2.